The van der Waals surface area contributed by atoms with E-state index in [1.807, 2.05) is 36.4 Å². The molecule has 0 spiro atoms. The van der Waals surface area contributed by atoms with Crippen molar-refractivity contribution in [2.45, 2.75) is 18.7 Å². The van der Waals surface area contributed by atoms with E-state index in [2.05, 4.69) is 17.4 Å². The molecular formula is C23H22N2O3S. The van der Waals surface area contributed by atoms with Crippen LogP contribution in [-0.2, 0) is 23.5 Å². The van der Waals surface area contributed by atoms with Gasteiger partial charge in [-0.15, -0.1) is 11.8 Å². The predicted octanol–water partition coefficient (Wildman–Crippen LogP) is 4.35. The second-order valence-corrected chi connectivity index (χ2v) is 7.95. The maximum Gasteiger partial charge on any atom is 0.289 e. The molecule has 1 aromatic heterocycles. The Labute approximate surface area is 174 Å². The van der Waals surface area contributed by atoms with Crippen LogP contribution in [0.1, 0.15) is 27.2 Å². The van der Waals surface area contributed by atoms with E-state index in [1.54, 1.807) is 28.8 Å². The summed E-state index contributed by atoms with van der Waals surface area (Å²) in [5.74, 6) is 1.43. The minimum absolute atomic E-state index is 0.0230. The molecule has 0 saturated carbocycles. The predicted molar refractivity (Wildman–Crippen MR) is 115 cm³/mol. The number of carbonyl (C=O) groups excluding carboxylic acids is 2. The first-order chi connectivity index (χ1) is 14.2. The third-order valence-electron chi connectivity index (χ3n) is 4.87. The van der Waals surface area contributed by atoms with Crippen LogP contribution in [0.4, 0.5) is 5.69 Å². The summed E-state index contributed by atoms with van der Waals surface area (Å²) >= 11 is 1.59. The van der Waals surface area contributed by atoms with Gasteiger partial charge in [0.15, 0.2) is 5.76 Å². The molecule has 0 atom stereocenters. The lowest BCUT2D eigenvalue weighted by atomic mass is 9.99. The zero-order valence-corrected chi connectivity index (χ0v) is 16.8. The number of hydrogen-bond acceptors (Lipinski definition) is 4. The van der Waals surface area contributed by atoms with Crippen LogP contribution in [0.5, 0.6) is 0 Å². The van der Waals surface area contributed by atoms with Crippen molar-refractivity contribution in [3.05, 3.63) is 89.4 Å². The number of fused-ring (bicyclic) bond motifs is 1. The van der Waals surface area contributed by atoms with E-state index in [0.717, 1.165) is 23.4 Å². The van der Waals surface area contributed by atoms with Gasteiger partial charge in [0.05, 0.1) is 12.0 Å². The van der Waals surface area contributed by atoms with Crippen molar-refractivity contribution < 1.29 is 14.0 Å². The van der Waals surface area contributed by atoms with E-state index < -0.39 is 0 Å². The number of nitrogens with zero attached hydrogens (tertiary/aromatic N) is 1. The summed E-state index contributed by atoms with van der Waals surface area (Å²) in [5.41, 5.74) is 4.25. The molecule has 0 saturated heterocycles. The fourth-order valence-corrected chi connectivity index (χ4v) is 4.18. The van der Waals surface area contributed by atoms with Crippen LogP contribution in [0.2, 0.25) is 0 Å². The Bertz CT molecular complexity index is 987. The van der Waals surface area contributed by atoms with Crippen molar-refractivity contribution in [2.75, 3.05) is 17.6 Å². The van der Waals surface area contributed by atoms with Crippen LogP contribution in [0.3, 0.4) is 0 Å². The highest BCUT2D eigenvalue weighted by atomic mass is 32.2. The Kier molecular flexibility index (Phi) is 6.00. The fourth-order valence-electron chi connectivity index (χ4n) is 3.40. The lowest BCUT2D eigenvalue weighted by Gasteiger charge is -2.28. The lowest BCUT2D eigenvalue weighted by molar-refractivity contribution is -0.113. The average Bonchev–Trinajstić information content (AvgIpc) is 3.28. The van der Waals surface area contributed by atoms with Crippen LogP contribution in [0, 0.1) is 0 Å². The monoisotopic (exact) mass is 406 g/mol. The molecular weight excluding hydrogens is 384 g/mol. The minimum atomic E-state index is -0.104. The molecule has 1 aliphatic rings. The molecule has 29 heavy (non-hydrogen) atoms. The van der Waals surface area contributed by atoms with Gasteiger partial charge in [0.2, 0.25) is 5.91 Å². The Morgan fingerprint density at radius 2 is 1.90 bits per heavy atom. The second-order valence-electron chi connectivity index (χ2n) is 6.96. The van der Waals surface area contributed by atoms with Crippen LogP contribution >= 0.6 is 11.8 Å². The largest absolute Gasteiger partial charge is 0.459 e. The fraction of sp³-hybridized carbons (Fsp3) is 0.217. The normalized spacial score (nSPS) is 13.0. The SMILES string of the molecule is O=C(CSCc1ccccc1)Nc1ccc2c(c1)CN(C(=O)c1ccco1)CC2. The number of thioether (sulfide) groups is 1. The molecule has 2 amide bonds. The molecule has 0 aliphatic carbocycles. The Balaban J connectivity index is 1.33. The van der Waals surface area contributed by atoms with Crippen molar-refractivity contribution in [2.24, 2.45) is 0 Å². The molecule has 148 valence electrons. The molecule has 6 heteroatoms. The topological polar surface area (TPSA) is 62.6 Å². The van der Waals surface area contributed by atoms with Gasteiger partial charge in [-0.1, -0.05) is 36.4 Å². The summed E-state index contributed by atoms with van der Waals surface area (Å²) in [4.78, 5) is 26.6. The van der Waals surface area contributed by atoms with E-state index in [4.69, 9.17) is 4.42 Å². The van der Waals surface area contributed by atoms with E-state index >= 15 is 0 Å². The quantitative estimate of drug-likeness (QED) is 0.661. The molecule has 0 radical (unpaired) electrons. The zero-order valence-electron chi connectivity index (χ0n) is 16.0. The van der Waals surface area contributed by atoms with Crippen molar-refractivity contribution in [3.63, 3.8) is 0 Å². The van der Waals surface area contributed by atoms with Gasteiger partial charge in [0.1, 0.15) is 0 Å². The van der Waals surface area contributed by atoms with Gasteiger partial charge in [-0.05, 0) is 47.4 Å². The maximum atomic E-state index is 12.5. The van der Waals surface area contributed by atoms with Gasteiger partial charge in [-0.2, -0.15) is 0 Å². The molecule has 1 aliphatic heterocycles. The van der Waals surface area contributed by atoms with Crippen LogP contribution in [0.25, 0.3) is 0 Å². The second kappa shape index (κ2) is 9.01. The first-order valence-electron chi connectivity index (χ1n) is 9.55. The average molecular weight is 407 g/mol. The maximum absolute atomic E-state index is 12.5. The van der Waals surface area contributed by atoms with Gasteiger partial charge in [-0.3, -0.25) is 9.59 Å². The van der Waals surface area contributed by atoms with Crippen molar-refractivity contribution in [1.29, 1.82) is 0 Å². The minimum Gasteiger partial charge on any atom is -0.459 e. The van der Waals surface area contributed by atoms with Crippen LogP contribution in [-0.4, -0.2) is 29.0 Å². The summed E-state index contributed by atoms with van der Waals surface area (Å²) in [7, 11) is 0. The van der Waals surface area contributed by atoms with Crippen molar-refractivity contribution >= 4 is 29.3 Å². The highest BCUT2D eigenvalue weighted by Gasteiger charge is 2.23. The number of amides is 2. The molecule has 2 heterocycles. The van der Waals surface area contributed by atoms with E-state index in [-0.39, 0.29) is 11.8 Å². The standard InChI is InChI=1S/C23H22N2O3S/c26-22(16-29-15-17-5-2-1-3-6-17)24-20-9-8-18-10-11-25(14-19(18)13-20)23(27)21-7-4-12-28-21/h1-9,12-13H,10-11,14-16H2,(H,24,26). The van der Waals surface area contributed by atoms with Crippen molar-refractivity contribution in [1.82, 2.24) is 4.90 Å². The number of rotatable bonds is 6. The molecule has 0 unspecified atom stereocenters. The number of carbonyl (C=O) groups is 2. The van der Waals surface area contributed by atoms with Gasteiger partial charge >= 0.3 is 0 Å². The number of benzene rings is 2. The van der Waals surface area contributed by atoms with E-state index in [9.17, 15) is 9.59 Å². The Morgan fingerprint density at radius 3 is 2.69 bits per heavy atom. The summed E-state index contributed by atoms with van der Waals surface area (Å²) < 4.78 is 5.23. The molecule has 0 fully saturated rings. The zero-order chi connectivity index (χ0) is 20.1. The Hall–Kier alpha value is -2.99. The van der Waals surface area contributed by atoms with Gasteiger partial charge in [-0.25, -0.2) is 0 Å². The molecule has 5 nitrogen and oxygen atoms in total. The summed E-state index contributed by atoms with van der Waals surface area (Å²) in [6.45, 7) is 1.18. The summed E-state index contributed by atoms with van der Waals surface area (Å²) in [5, 5.41) is 2.97. The Morgan fingerprint density at radius 1 is 1.03 bits per heavy atom. The van der Waals surface area contributed by atoms with Gasteiger partial charge in [0.25, 0.3) is 5.91 Å². The lowest BCUT2D eigenvalue weighted by Crippen LogP contribution is -2.35. The summed E-state index contributed by atoms with van der Waals surface area (Å²) in [6.07, 6.45) is 2.30. The van der Waals surface area contributed by atoms with Crippen LogP contribution < -0.4 is 5.32 Å². The van der Waals surface area contributed by atoms with Crippen LogP contribution in [0.15, 0.2) is 71.3 Å². The van der Waals surface area contributed by atoms with Gasteiger partial charge < -0.3 is 14.6 Å². The highest BCUT2D eigenvalue weighted by molar-refractivity contribution is 7.99. The summed E-state index contributed by atoms with van der Waals surface area (Å²) in [6, 6.07) is 19.5. The van der Waals surface area contributed by atoms with Gasteiger partial charge in [0, 0.05) is 24.5 Å². The molecule has 4 rings (SSSR count). The molecule has 3 aromatic rings. The molecule has 2 aromatic carbocycles. The number of anilines is 1. The van der Waals surface area contributed by atoms with E-state index in [0.29, 0.717) is 24.6 Å². The molecule has 1 N–H and O–H groups in total. The smallest absolute Gasteiger partial charge is 0.289 e. The third kappa shape index (κ3) is 4.90. The number of hydrogen-bond donors (Lipinski definition) is 1. The third-order valence-corrected chi connectivity index (χ3v) is 5.87. The first kappa shape index (κ1) is 19.3. The highest BCUT2D eigenvalue weighted by Crippen LogP contribution is 2.24. The van der Waals surface area contributed by atoms with E-state index in [1.165, 1.54) is 17.4 Å². The number of furan rings is 1. The number of nitrogens with one attached hydrogen (secondary N) is 1. The molecule has 0 bridgehead atoms. The first-order valence-corrected chi connectivity index (χ1v) is 10.7. The van der Waals surface area contributed by atoms with Crippen molar-refractivity contribution in [3.8, 4) is 0 Å².